The molecule has 0 radical (unpaired) electrons. The second-order valence-corrected chi connectivity index (χ2v) is 8.84. The summed E-state index contributed by atoms with van der Waals surface area (Å²) in [5.41, 5.74) is 3.62. The van der Waals surface area contributed by atoms with E-state index in [2.05, 4.69) is 4.98 Å². The summed E-state index contributed by atoms with van der Waals surface area (Å²) < 4.78 is 13.6. The van der Waals surface area contributed by atoms with Crippen LogP contribution in [0.2, 0.25) is 0 Å². The molecule has 1 atom stereocenters. The number of Topliss-reactive ketones (excluding diaryl/α,β-unsaturated/α-hetero) is 1. The van der Waals surface area contributed by atoms with Crippen LogP contribution < -0.4 is 4.90 Å². The van der Waals surface area contributed by atoms with Gasteiger partial charge in [-0.15, -0.1) is 11.3 Å². The zero-order chi connectivity index (χ0) is 22.4. The molecule has 31 heavy (non-hydrogen) atoms. The van der Waals surface area contributed by atoms with Crippen molar-refractivity contribution in [2.24, 2.45) is 0 Å². The lowest BCUT2D eigenvalue weighted by Crippen LogP contribution is -2.31. The van der Waals surface area contributed by atoms with Gasteiger partial charge < -0.3 is 5.11 Å². The number of carbonyl (C=O) groups excluding carboxylic acids is 2. The van der Waals surface area contributed by atoms with Crippen molar-refractivity contribution in [3.05, 3.63) is 91.9 Å². The Labute approximate surface area is 183 Å². The van der Waals surface area contributed by atoms with E-state index in [1.54, 1.807) is 19.9 Å². The van der Waals surface area contributed by atoms with Crippen molar-refractivity contribution >= 4 is 28.7 Å². The zero-order valence-electron chi connectivity index (χ0n) is 17.6. The second kappa shape index (κ2) is 7.74. The maximum atomic E-state index is 13.6. The van der Waals surface area contributed by atoms with Crippen molar-refractivity contribution < 1.29 is 19.1 Å². The Hall–Kier alpha value is -3.32. The topological polar surface area (TPSA) is 70.5 Å². The molecule has 0 bridgehead atoms. The summed E-state index contributed by atoms with van der Waals surface area (Å²) in [5, 5.41) is 11.5. The van der Waals surface area contributed by atoms with Gasteiger partial charge >= 0.3 is 0 Å². The maximum absolute atomic E-state index is 13.6. The van der Waals surface area contributed by atoms with Crippen LogP contribution in [0.3, 0.4) is 0 Å². The Morgan fingerprint density at radius 3 is 2.32 bits per heavy atom. The van der Waals surface area contributed by atoms with E-state index in [9.17, 15) is 19.1 Å². The molecule has 0 aliphatic carbocycles. The fourth-order valence-corrected chi connectivity index (χ4v) is 4.68. The van der Waals surface area contributed by atoms with Crippen LogP contribution in [0.4, 0.5) is 10.1 Å². The number of thiazole rings is 1. The predicted molar refractivity (Wildman–Crippen MR) is 118 cm³/mol. The van der Waals surface area contributed by atoms with Gasteiger partial charge in [0.2, 0.25) is 5.78 Å². The molecule has 5 nitrogen and oxygen atoms in total. The Morgan fingerprint density at radius 2 is 1.74 bits per heavy atom. The van der Waals surface area contributed by atoms with Crippen molar-refractivity contribution in [3.8, 4) is 0 Å². The number of nitrogens with zero attached hydrogens (tertiary/aromatic N) is 2. The number of anilines is 1. The van der Waals surface area contributed by atoms with Crippen molar-refractivity contribution in [1.82, 2.24) is 4.98 Å². The minimum atomic E-state index is -0.885. The van der Waals surface area contributed by atoms with Crippen LogP contribution in [0.25, 0.3) is 0 Å². The monoisotopic (exact) mass is 436 g/mol. The molecule has 0 spiro atoms. The predicted octanol–water partition coefficient (Wildman–Crippen LogP) is 5.30. The van der Waals surface area contributed by atoms with Gasteiger partial charge in [-0.1, -0.05) is 18.2 Å². The highest BCUT2D eigenvalue weighted by Crippen LogP contribution is 2.43. The van der Waals surface area contributed by atoms with Gasteiger partial charge in [-0.2, -0.15) is 0 Å². The van der Waals surface area contributed by atoms with Gasteiger partial charge in [0.05, 0.1) is 27.2 Å². The molecular formula is C24H21FN2O3S. The number of aliphatic hydroxyl groups excluding tert-OH is 1. The summed E-state index contributed by atoms with van der Waals surface area (Å²) in [6, 6.07) is 10.2. The SMILES string of the molecule is Cc1nc(C)c(C(=O)C2=C(O)C(=O)N(c3ccc(C)c(C)c3)C2c2ccc(F)cc2)s1. The molecule has 1 aliphatic rings. The normalized spacial score (nSPS) is 16.4. The molecular weight excluding hydrogens is 415 g/mol. The van der Waals surface area contributed by atoms with Crippen LogP contribution in [0.15, 0.2) is 53.8 Å². The number of ketones is 1. The van der Waals surface area contributed by atoms with E-state index in [0.717, 1.165) is 16.1 Å². The third kappa shape index (κ3) is 3.55. The number of rotatable bonds is 4. The van der Waals surface area contributed by atoms with E-state index in [4.69, 9.17) is 0 Å². The fourth-order valence-electron chi connectivity index (χ4n) is 3.80. The zero-order valence-corrected chi connectivity index (χ0v) is 18.4. The molecule has 3 aromatic rings. The lowest BCUT2D eigenvalue weighted by Gasteiger charge is -2.27. The van der Waals surface area contributed by atoms with Gasteiger partial charge in [0, 0.05) is 5.69 Å². The summed E-state index contributed by atoms with van der Waals surface area (Å²) in [7, 11) is 0. The van der Waals surface area contributed by atoms with Gasteiger partial charge in [0.25, 0.3) is 5.91 Å². The molecule has 158 valence electrons. The maximum Gasteiger partial charge on any atom is 0.294 e. The minimum absolute atomic E-state index is 0.0263. The first-order chi connectivity index (χ1) is 14.7. The minimum Gasteiger partial charge on any atom is -0.503 e. The summed E-state index contributed by atoms with van der Waals surface area (Å²) in [6.07, 6.45) is 0. The molecule has 0 saturated heterocycles. The Balaban J connectivity index is 1.90. The molecule has 1 aliphatic heterocycles. The van der Waals surface area contributed by atoms with E-state index in [1.165, 1.54) is 40.5 Å². The Kier molecular flexibility index (Phi) is 5.23. The van der Waals surface area contributed by atoms with E-state index >= 15 is 0 Å². The molecule has 1 unspecified atom stereocenters. The molecule has 7 heteroatoms. The third-order valence-electron chi connectivity index (χ3n) is 5.52. The molecule has 4 rings (SSSR count). The van der Waals surface area contributed by atoms with Crippen LogP contribution in [0.5, 0.6) is 0 Å². The quantitative estimate of drug-likeness (QED) is 0.564. The van der Waals surface area contributed by atoms with Crippen molar-refractivity contribution in [2.45, 2.75) is 33.7 Å². The summed E-state index contributed by atoms with van der Waals surface area (Å²) in [6.45, 7) is 7.40. The van der Waals surface area contributed by atoms with Crippen molar-refractivity contribution in [2.75, 3.05) is 4.90 Å². The fraction of sp³-hybridized carbons (Fsp3) is 0.208. The first kappa shape index (κ1) is 20.9. The Morgan fingerprint density at radius 1 is 1.06 bits per heavy atom. The molecule has 0 fully saturated rings. The summed E-state index contributed by atoms with van der Waals surface area (Å²) in [4.78, 5) is 32.7. The highest BCUT2D eigenvalue weighted by atomic mass is 32.1. The lowest BCUT2D eigenvalue weighted by atomic mass is 9.94. The number of halogens is 1. The smallest absolute Gasteiger partial charge is 0.294 e. The van der Waals surface area contributed by atoms with Crippen LogP contribution in [0, 0.1) is 33.5 Å². The molecule has 1 N–H and O–H groups in total. The second-order valence-electron chi connectivity index (χ2n) is 7.64. The average Bonchev–Trinajstić information content (AvgIpc) is 3.20. The first-order valence-electron chi connectivity index (χ1n) is 9.77. The highest BCUT2D eigenvalue weighted by molar-refractivity contribution is 7.14. The van der Waals surface area contributed by atoms with Gasteiger partial charge in [-0.05, 0) is 68.7 Å². The number of amides is 1. The summed E-state index contributed by atoms with van der Waals surface area (Å²) >= 11 is 1.22. The van der Waals surface area contributed by atoms with Crippen molar-refractivity contribution in [1.29, 1.82) is 0 Å². The largest absolute Gasteiger partial charge is 0.503 e. The number of aromatic nitrogens is 1. The van der Waals surface area contributed by atoms with E-state index in [-0.39, 0.29) is 5.57 Å². The Bertz CT molecular complexity index is 1240. The third-order valence-corrected chi connectivity index (χ3v) is 6.59. The molecule has 1 aromatic heterocycles. The van der Waals surface area contributed by atoms with Crippen LogP contribution in [-0.2, 0) is 4.79 Å². The van der Waals surface area contributed by atoms with Gasteiger partial charge in [0.1, 0.15) is 5.82 Å². The van der Waals surface area contributed by atoms with E-state index in [1.807, 2.05) is 26.0 Å². The molecule has 2 aromatic carbocycles. The standard InChI is InChI=1S/C24H21FN2O3S/c1-12-5-10-18(11-13(12)2)27-20(16-6-8-17(25)9-7-16)19(22(29)24(27)30)21(28)23-14(3)26-15(4)31-23/h5-11,20,29H,1-4H3. The van der Waals surface area contributed by atoms with Gasteiger partial charge in [-0.3, -0.25) is 14.5 Å². The van der Waals surface area contributed by atoms with Gasteiger partial charge in [-0.25, -0.2) is 9.37 Å². The average molecular weight is 437 g/mol. The summed E-state index contributed by atoms with van der Waals surface area (Å²) in [5.74, 6) is -2.14. The van der Waals surface area contributed by atoms with Gasteiger partial charge in [0.15, 0.2) is 5.76 Å². The lowest BCUT2D eigenvalue weighted by molar-refractivity contribution is -0.117. The molecule has 0 saturated carbocycles. The number of benzene rings is 2. The first-order valence-corrected chi connectivity index (χ1v) is 10.6. The molecule has 2 heterocycles. The van der Waals surface area contributed by atoms with E-state index < -0.39 is 29.3 Å². The highest BCUT2D eigenvalue weighted by Gasteiger charge is 2.45. The van der Waals surface area contributed by atoms with Crippen LogP contribution >= 0.6 is 11.3 Å². The van der Waals surface area contributed by atoms with Crippen LogP contribution in [0.1, 0.15) is 43.1 Å². The number of aliphatic hydroxyl groups is 1. The molecule has 1 amide bonds. The number of hydrogen-bond donors (Lipinski definition) is 1. The number of hydrogen-bond acceptors (Lipinski definition) is 5. The van der Waals surface area contributed by atoms with E-state index in [0.29, 0.717) is 21.8 Å². The van der Waals surface area contributed by atoms with Crippen LogP contribution in [-0.4, -0.2) is 21.8 Å². The number of aryl methyl sites for hydroxylation is 4. The number of carbonyl (C=O) groups is 2. The van der Waals surface area contributed by atoms with Crippen molar-refractivity contribution in [3.63, 3.8) is 0 Å².